The summed E-state index contributed by atoms with van der Waals surface area (Å²) in [5.74, 6) is 0.134. The highest BCUT2D eigenvalue weighted by molar-refractivity contribution is 5.95. The fourth-order valence-corrected chi connectivity index (χ4v) is 2.18. The van der Waals surface area contributed by atoms with Crippen molar-refractivity contribution in [3.63, 3.8) is 0 Å². The highest BCUT2D eigenvalue weighted by atomic mass is 16.5. The molecule has 2 rings (SSSR count). The van der Waals surface area contributed by atoms with Gasteiger partial charge in [0.25, 0.3) is 0 Å². The summed E-state index contributed by atoms with van der Waals surface area (Å²) in [5.41, 5.74) is 1.32. The van der Waals surface area contributed by atoms with Crippen molar-refractivity contribution in [1.29, 1.82) is 0 Å². The van der Waals surface area contributed by atoms with E-state index in [0.29, 0.717) is 18.0 Å². The molecule has 0 bridgehead atoms. The number of ether oxygens (including phenoxy) is 1. The molecule has 0 saturated carbocycles. The SMILES string of the molecule is CCOc1ccccc1NC(=O)CN(Cc1ccccn1)C(C)=O. The summed E-state index contributed by atoms with van der Waals surface area (Å²) in [5, 5.41) is 2.79. The van der Waals surface area contributed by atoms with Crippen molar-refractivity contribution in [3.8, 4) is 5.75 Å². The molecule has 0 fully saturated rings. The van der Waals surface area contributed by atoms with Crippen molar-refractivity contribution in [2.24, 2.45) is 0 Å². The molecule has 126 valence electrons. The molecule has 6 nitrogen and oxygen atoms in total. The Morgan fingerprint density at radius 1 is 1.17 bits per heavy atom. The van der Waals surface area contributed by atoms with E-state index in [9.17, 15) is 9.59 Å². The fraction of sp³-hybridized carbons (Fsp3) is 0.278. The molecule has 0 aliphatic heterocycles. The van der Waals surface area contributed by atoms with Gasteiger partial charge in [0, 0.05) is 13.1 Å². The van der Waals surface area contributed by atoms with Crippen LogP contribution in [0.4, 0.5) is 5.69 Å². The first-order valence-corrected chi connectivity index (χ1v) is 7.77. The predicted octanol–water partition coefficient (Wildman–Crippen LogP) is 2.47. The van der Waals surface area contributed by atoms with Crippen LogP contribution >= 0.6 is 0 Å². The number of rotatable bonds is 7. The number of aromatic nitrogens is 1. The van der Waals surface area contributed by atoms with Gasteiger partial charge in [-0.25, -0.2) is 0 Å². The van der Waals surface area contributed by atoms with Crippen LogP contribution in [0.15, 0.2) is 48.7 Å². The second-order valence-electron chi connectivity index (χ2n) is 5.17. The van der Waals surface area contributed by atoms with Crippen LogP contribution in [-0.2, 0) is 16.1 Å². The van der Waals surface area contributed by atoms with Crippen molar-refractivity contribution in [1.82, 2.24) is 9.88 Å². The number of anilines is 1. The summed E-state index contributed by atoms with van der Waals surface area (Å²) < 4.78 is 5.48. The van der Waals surface area contributed by atoms with Crippen LogP contribution in [0.5, 0.6) is 5.75 Å². The average molecular weight is 327 g/mol. The second kappa shape index (κ2) is 8.67. The van der Waals surface area contributed by atoms with Crippen molar-refractivity contribution < 1.29 is 14.3 Å². The number of pyridine rings is 1. The van der Waals surface area contributed by atoms with Crippen LogP contribution in [0.3, 0.4) is 0 Å². The molecular formula is C18H21N3O3. The van der Waals surface area contributed by atoms with E-state index >= 15 is 0 Å². The fourth-order valence-electron chi connectivity index (χ4n) is 2.18. The van der Waals surface area contributed by atoms with E-state index < -0.39 is 0 Å². The highest BCUT2D eigenvalue weighted by Gasteiger charge is 2.16. The molecule has 2 aromatic rings. The predicted molar refractivity (Wildman–Crippen MR) is 91.6 cm³/mol. The van der Waals surface area contributed by atoms with Crippen LogP contribution in [0.1, 0.15) is 19.5 Å². The molecule has 0 spiro atoms. The number of carbonyl (C=O) groups excluding carboxylic acids is 2. The molecule has 6 heteroatoms. The highest BCUT2D eigenvalue weighted by Crippen LogP contribution is 2.23. The third-order valence-electron chi connectivity index (χ3n) is 3.32. The van der Waals surface area contributed by atoms with Crippen LogP contribution in [-0.4, -0.2) is 34.8 Å². The van der Waals surface area contributed by atoms with E-state index in [0.717, 1.165) is 5.69 Å². The number of carbonyl (C=O) groups is 2. The number of amides is 2. The summed E-state index contributed by atoms with van der Waals surface area (Å²) in [7, 11) is 0. The van der Waals surface area contributed by atoms with Crippen LogP contribution in [0, 0.1) is 0 Å². The molecule has 24 heavy (non-hydrogen) atoms. The smallest absolute Gasteiger partial charge is 0.244 e. The van der Waals surface area contributed by atoms with Crippen LogP contribution < -0.4 is 10.1 Å². The monoisotopic (exact) mass is 327 g/mol. The molecule has 0 aliphatic carbocycles. The molecule has 0 aliphatic rings. The number of hydrogen-bond acceptors (Lipinski definition) is 4. The Morgan fingerprint density at radius 3 is 2.58 bits per heavy atom. The number of benzene rings is 1. The quantitative estimate of drug-likeness (QED) is 0.848. The Balaban J connectivity index is 2.02. The molecule has 0 radical (unpaired) electrons. The third-order valence-corrected chi connectivity index (χ3v) is 3.32. The summed E-state index contributed by atoms with van der Waals surface area (Å²) >= 11 is 0. The van der Waals surface area contributed by atoms with E-state index in [2.05, 4.69) is 10.3 Å². The first kappa shape index (κ1) is 17.5. The average Bonchev–Trinajstić information content (AvgIpc) is 2.57. The zero-order valence-electron chi connectivity index (χ0n) is 13.9. The largest absolute Gasteiger partial charge is 0.492 e. The van der Waals surface area contributed by atoms with Gasteiger partial charge in [-0.1, -0.05) is 18.2 Å². The number of nitrogens with one attached hydrogen (secondary N) is 1. The Bertz CT molecular complexity index is 689. The van der Waals surface area contributed by atoms with Gasteiger partial charge in [-0.3, -0.25) is 14.6 Å². The number of para-hydroxylation sites is 2. The van der Waals surface area contributed by atoms with E-state index in [-0.39, 0.29) is 24.9 Å². The second-order valence-corrected chi connectivity index (χ2v) is 5.17. The van der Waals surface area contributed by atoms with Crippen molar-refractivity contribution in [3.05, 3.63) is 54.4 Å². The maximum absolute atomic E-state index is 12.3. The summed E-state index contributed by atoms with van der Waals surface area (Å²) in [6.45, 7) is 4.06. The molecular weight excluding hydrogens is 306 g/mol. The summed E-state index contributed by atoms with van der Waals surface area (Å²) in [6.07, 6.45) is 1.66. The van der Waals surface area contributed by atoms with E-state index in [1.54, 1.807) is 24.4 Å². The lowest BCUT2D eigenvalue weighted by molar-refractivity contribution is -0.133. The van der Waals surface area contributed by atoms with Crippen molar-refractivity contribution in [2.75, 3.05) is 18.5 Å². The van der Waals surface area contributed by atoms with Gasteiger partial charge in [0.15, 0.2) is 0 Å². The Morgan fingerprint density at radius 2 is 1.92 bits per heavy atom. The lowest BCUT2D eigenvalue weighted by atomic mass is 10.3. The van der Waals surface area contributed by atoms with Gasteiger partial charge in [-0.15, -0.1) is 0 Å². The van der Waals surface area contributed by atoms with Gasteiger partial charge in [0.05, 0.1) is 24.5 Å². The number of nitrogens with zero attached hydrogens (tertiary/aromatic N) is 2. The lowest BCUT2D eigenvalue weighted by Gasteiger charge is -2.20. The van der Waals surface area contributed by atoms with Crippen molar-refractivity contribution in [2.45, 2.75) is 20.4 Å². The standard InChI is InChI=1S/C18H21N3O3/c1-3-24-17-10-5-4-9-16(17)20-18(23)13-21(14(2)22)12-15-8-6-7-11-19-15/h4-11H,3,12-13H2,1-2H3,(H,20,23). The van der Waals surface area contributed by atoms with Crippen molar-refractivity contribution >= 4 is 17.5 Å². The molecule has 1 aromatic carbocycles. The minimum absolute atomic E-state index is 0.0492. The van der Waals surface area contributed by atoms with Gasteiger partial charge < -0.3 is 15.0 Å². The van der Waals surface area contributed by atoms with Gasteiger partial charge in [0.2, 0.25) is 11.8 Å². The molecule has 0 unspecified atom stereocenters. The Kier molecular flexibility index (Phi) is 6.31. The maximum atomic E-state index is 12.3. The zero-order chi connectivity index (χ0) is 17.4. The third kappa shape index (κ3) is 5.08. The van der Waals surface area contributed by atoms with Gasteiger partial charge in [0.1, 0.15) is 12.3 Å². The molecule has 0 saturated heterocycles. The minimum atomic E-state index is -0.284. The Labute approximate surface area is 141 Å². The topological polar surface area (TPSA) is 71.5 Å². The number of hydrogen-bond donors (Lipinski definition) is 1. The van der Waals surface area contributed by atoms with Crippen LogP contribution in [0.25, 0.3) is 0 Å². The Hall–Kier alpha value is -2.89. The molecule has 2 amide bonds. The molecule has 0 atom stereocenters. The first-order chi connectivity index (χ1) is 11.6. The maximum Gasteiger partial charge on any atom is 0.244 e. The zero-order valence-corrected chi connectivity index (χ0v) is 13.9. The summed E-state index contributed by atoms with van der Waals surface area (Å²) in [6, 6.07) is 12.7. The lowest BCUT2D eigenvalue weighted by Crippen LogP contribution is -2.36. The van der Waals surface area contributed by atoms with Gasteiger partial charge in [-0.05, 0) is 31.2 Å². The van der Waals surface area contributed by atoms with Gasteiger partial charge in [-0.2, -0.15) is 0 Å². The molecule has 1 aromatic heterocycles. The van der Waals surface area contributed by atoms with E-state index in [1.165, 1.54) is 11.8 Å². The van der Waals surface area contributed by atoms with E-state index in [1.807, 2.05) is 31.2 Å². The normalized spacial score (nSPS) is 10.1. The first-order valence-electron chi connectivity index (χ1n) is 7.77. The van der Waals surface area contributed by atoms with E-state index in [4.69, 9.17) is 4.74 Å². The molecule has 1 N–H and O–H groups in total. The minimum Gasteiger partial charge on any atom is -0.492 e. The van der Waals surface area contributed by atoms with Gasteiger partial charge >= 0.3 is 0 Å². The van der Waals surface area contributed by atoms with Crippen LogP contribution in [0.2, 0.25) is 0 Å². The molecule has 1 heterocycles. The summed E-state index contributed by atoms with van der Waals surface area (Å²) in [4.78, 5) is 29.7.